The molecule has 0 aliphatic carbocycles. The van der Waals surface area contributed by atoms with Crippen LogP contribution in [-0.2, 0) is 0 Å². The van der Waals surface area contributed by atoms with Gasteiger partial charge in [-0.2, -0.15) is 0 Å². The molecule has 0 saturated carbocycles. The van der Waals surface area contributed by atoms with Crippen LogP contribution in [-0.4, -0.2) is 28.5 Å². The third-order valence-electron chi connectivity index (χ3n) is 4.76. The first-order valence-corrected chi connectivity index (χ1v) is 8.16. The molecule has 23 heavy (non-hydrogen) atoms. The second-order valence-electron chi connectivity index (χ2n) is 6.36. The predicted octanol–water partition coefficient (Wildman–Crippen LogP) is 3.62. The van der Waals surface area contributed by atoms with E-state index in [9.17, 15) is 9.90 Å². The van der Waals surface area contributed by atoms with E-state index in [1.165, 1.54) is 5.56 Å². The van der Waals surface area contributed by atoms with Crippen LogP contribution in [0.1, 0.15) is 52.6 Å². The second kappa shape index (κ2) is 6.59. The van der Waals surface area contributed by atoms with Crippen molar-refractivity contribution in [1.29, 1.82) is 0 Å². The van der Waals surface area contributed by atoms with Crippen molar-refractivity contribution >= 4 is 5.91 Å². The van der Waals surface area contributed by atoms with Gasteiger partial charge in [0, 0.05) is 24.6 Å². The van der Waals surface area contributed by atoms with Crippen LogP contribution in [0.2, 0.25) is 0 Å². The summed E-state index contributed by atoms with van der Waals surface area (Å²) in [5.74, 6) is 0.623. The molecule has 1 aromatic carbocycles. The number of carbonyl (C=O) groups excluding carboxylic acids is 1. The van der Waals surface area contributed by atoms with Gasteiger partial charge in [-0.15, -0.1) is 0 Å². The van der Waals surface area contributed by atoms with Gasteiger partial charge in [0.15, 0.2) is 0 Å². The fraction of sp³-hybridized carbons (Fsp3) is 0.421. The number of amides is 1. The highest BCUT2D eigenvalue weighted by atomic mass is 16.4. The minimum absolute atomic E-state index is 0.0576. The SMILES string of the molecule is Cc1ccc(C(=O)N2CCCC2CC(O)c2ccco2)cc1C. The zero-order valence-corrected chi connectivity index (χ0v) is 13.7. The van der Waals surface area contributed by atoms with Crippen molar-refractivity contribution < 1.29 is 14.3 Å². The number of furan rings is 1. The van der Waals surface area contributed by atoms with Crippen molar-refractivity contribution in [3.05, 3.63) is 59.0 Å². The quantitative estimate of drug-likeness (QED) is 0.938. The Bertz CT molecular complexity index is 678. The van der Waals surface area contributed by atoms with Gasteiger partial charge in [-0.05, 0) is 62.1 Å². The molecule has 1 fully saturated rings. The molecule has 3 rings (SSSR count). The molecule has 1 aromatic heterocycles. The number of likely N-dealkylation sites (tertiary alicyclic amines) is 1. The Morgan fingerprint density at radius 2 is 2.17 bits per heavy atom. The lowest BCUT2D eigenvalue weighted by Crippen LogP contribution is -2.36. The number of hydrogen-bond acceptors (Lipinski definition) is 3. The summed E-state index contributed by atoms with van der Waals surface area (Å²) in [4.78, 5) is 14.7. The van der Waals surface area contributed by atoms with E-state index in [1.807, 2.05) is 36.9 Å². The van der Waals surface area contributed by atoms with Crippen LogP contribution in [0.3, 0.4) is 0 Å². The van der Waals surface area contributed by atoms with Gasteiger partial charge < -0.3 is 14.4 Å². The first kappa shape index (κ1) is 15.8. The average molecular weight is 313 g/mol. The lowest BCUT2D eigenvalue weighted by Gasteiger charge is -2.26. The topological polar surface area (TPSA) is 53.7 Å². The van der Waals surface area contributed by atoms with Gasteiger partial charge in [0.2, 0.25) is 0 Å². The van der Waals surface area contributed by atoms with Crippen LogP contribution < -0.4 is 0 Å². The van der Waals surface area contributed by atoms with E-state index >= 15 is 0 Å². The smallest absolute Gasteiger partial charge is 0.254 e. The summed E-state index contributed by atoms with van der Waals surface area (Å²) >= 11 is 0. The average Bonchev–Trinajstić information content (AvgIpc) is 3.20. The van der Waals surface area contributed by atoms with Gasteiger partial charge in [0.05, 0.1) is 6.26 Å². The number of carbonyl (C=O) groups is 1. The summed E-state index contributed by atoms with van der Waals surface area (Å²) in [5, 5.41) is 10.3. The first-order chi connectivity index (χ1) is 11.1. The number of aliphatic hydroxyl groups is 1. The maximum absolute atomic E-state index is 12.8. The number of nitrogens with zero attached hydrogens (tertiary/aromatic N) is 1. The highest BCUT2D eigenvalue weighted by Crippen LogP contribution is 2.29. The van der Waals surface area contributed by atoms with E-state index < -0.39 is 6.10 Å². The first-order valence-electron chi connectivity index (χ1n) is 8.16. The molecule has 2 heterocycles. The largest absolute Gasteiger partial charge is 0.467 e. The van der Waals surface area contributed by atoms with Crippen molar-refractivity contribution in [1.82, 2.24) is 4.90 Å². The molecule has 1 N–H and O–H groups in total. The fourth-order valence-electron chi connectivity index (χ4n) is 3.24. The lowest BCUT2D eigenvalue weighted by atomic mass is 10.0. The molecule has 2 unspecified atom stereocenters. The van der Waals surface area contributed by atoms with Crippen molar-refractivity contribution in [3.8, 4) is 0 Å². The van der Waals surface area contributed by atoms with Gasteiger partial charge in [-0.3, -0.25) is 4.79 Å². The maximum atomic E-state index is 12.8. The summed E-state index contributed by atoms with van der Waals surface area (Å²) in [6, 6.07) is 9.44. The molecule has 2 aromatic rings. The van der Waals surface area contributed by atoms with Crippen LogP contribution in [0.25, 0.3) is 0 Å². The highest BCUT2D eigenvalue weighted by molar-refractivity contribution is 5.94. The molecular formula is C19H23NO3. The van der Waals surface area contributed by atoms with E-state index in [0.717, 1.165) is 30.5 Å². The third-order valence-corrected chi connectivity index (χ3v) is 4.76. The number of rotatable bonds is 4. The van der Waals surface area contributed by atoms with Crippen molar-refractivity contribution in [3.63, 3.8) is 0 Å². The summed E-state index contributed by atoms with van der Waals surface area (Å²) in [5.41, 5.74) is 3.04. The number of benzene rings is 1. The van der Waals surface area contributed by atoms with Crippen LogP contribution in [0.4, 0.5) is 0 Å². The van der Waals surface area contributed by atoms with Gasteiger partial charge in [0.1, 0.15) is 11.9 Å². The molecule has 0 spiro atoms. The Kier molecular flexibility index (Phi) is 4.53. The molecule has 4 heteroatoms. The number of aryl methyl sites for hydroxylation is 2. The predicted molar refractivity (Wildman–Crippen MR) is 88.3 cm³/mol. The van der Waals surface area contributed by atoms with Gasteiger partial charge in [0.25, 0.3) is 5.91 Å². The molecule has 1 aliphatic rings. The molecule has 1 amide bonds. The zero-order valence-electron chi connectivity index (χ0n) is 13.7. The van der Waals surface area contributed by atoms with E-state index in [2.05, 4.69) is 0 Å². The lowest BCUT2D eigenvalue weighted by molar-refractivity contribution is 0.0641. The molecule has 0 bridgehead atoms. The Morgan fingerprint density at radius 1 is 1.35 bits per heavy atom. The summed E-state index contributed by atoms with van der Waals surface area (Å²) in [6.07, 6.45) is 3.32. The van der Waals surface area contributed by atoms with Crippen LogP contribution in [0.15, 0.2) is 41.0 Å². The maximum Gasteiger partial charge on any atom is 0.254 e. The molecule has 2 atom stereocenters. The van der Waals surface area contributed by atoms with Crippen LogP contribution in [0, 0.1) is 13.8 Å². The third kappa shape index (κ3) is 3.32. The van der Waals surface area contributed by atoms with Crippen LogP contribution in [0.5, 0.6) is 0 Å². The molecule has 1 aliphatic heterocycles. The van der Waals surface area contributed by atoms with Gasteiger partial charge in [-0.1, -0.05) is 6.07 Å². The van der Waals surface area contributed by atoms with E-state index in [-0.39, 0.29) is 11.9 Å². The molecule has 0 radical (unpaired) electrons. The second-order valence-corrected chi connectivity index (χ2v) is 6.36. The zero-order chi connectivity index (χ0) is 16.4. The highest BCUT2D eigenvalue weighted by Gasteiger charge is 2.31. The van der Waals surface area contributed by atoms with Crippen molar-refractivity contribution in [2.45, 2.75) is 45.3 Å². The number of hydrogen-bond donors (Lipinski definition) is 1. The Morgan fingerprint density at radius 3 is 2.87 bits per heavy atom. The monoisotopic (exact) mass is 313 g/mol. The summed E-state index contributed by atoms with van der Waals surface area (Å²) < 4.78 is 5.26. The van der Waals surface area contributed by atoms with Crippen LogP contribution >= 0.6 is 0 Å². The van der Waals surface area contributed by atoms with Crippen molar-refractivity contribution in [2.24, 2.45) is 0 Å². The summed E-state index contributed by atoms with van der Waals surface area (Å²) in [7, 11) is 0. The molecule has 1 saturated heterocycles. The fourth-order valence-corrected chi connectivity index (χ4v) is 3.24. The Hall–Kier alpha value is -2.07. The molecule has 122 valence electrons. The Labute approximate surface area is 136 Å². The van der Waals surface area contributed by atoms with Crippen molar-refractivity contribution in [2.75, 3.05) is 6.54 Å². The number of aliphatic hydroxyl groups excluding tert-OH is 1. The van der Waals surface area contributed by atoms with E-state index in [0.29, 0.717) is 12.2 Å². The van der Waals surface area contributed by atoms with E-state index in [1.54, 1.807) is 18.4 Å². The standard InChI is InChI=1S/C19H23NO3/c1-13-7-8-15(11-14(13)2)19(22)20-9-3-5-16(20)12-17(21)18-6-4-10-23-18/h4,6-8,10-11,16-17,21H,3,5,9,12H2,1-2H3. The van der Waals surface area contributed by atoms with E-state index in [4.69, 9.17) is 4.42 Å². The molecule has 4 nitrogen and oxygen atoms in total. The minimum atomic E-state index is -0.664. The Balaban J connectivity index is 1.73. The van der Waals surface area contributed by atoms with Gasteiger partial charge >= 0.3 is 0 Å². The normalized spacial score (nSPS) is 19.1. The molecular weight excluding hydrogens is 290 g/mol. The summed E-state index contributed by atoms with van der Waals surface area (Å²) in [6.45, 7) is 4.82. The minimum Gasteiger partial charge on any atom is -0.467 e. The van der Waals surface area contributed by atoms with Gasteiger partial charge in [-0.25, -0.2) is 0 Å².